The van der Waals surface area contributed by atoms with Crippen molar-refractivity contribution in [3.05, 3.63) is 59.7 Å². The molecule has 1 aliphatic heterocycles. The number of hydrogen-bond donors (Lipinski definition) is 0. The molecule has 0 N–H and O–H groups in total. The van der Waals surface area contributed by atoms with Gasteiger partial charge in [0, 0.05) is 18.7 Å². The van der Waals surface area contributed by atoms with E-state index in [-0.39, 0.29) is 11.7 Å². The Kier molecular flexibility index (Phi) is 6.91. The second kappa shape index (κ2) is 9.59. The lowest BCUT2D eigenvalue weighted by molar-refractivity contribution is -0.139. The highest BCUT2D eigenvalue weighted by Gasteiger charge is 2.27. The van der Waals surface area contributed by atoms with Crippen LogP contribution in [0.1, 0.15) is 42.6 Å². The number of nitrogens with zero attached hydrogens (tertiary/aromatic N) is 1. The Morgan fingerprint density at radius 2 is 1.76 bits per heavy atom. The van der Waals surface area contributed by atoms with Crippen LogP contribution in [0.25, 0.3) is 0 Å². The van der Waals surface area contributed by atoms with Crippen LogP contribution in [0.5, 0.6) is 11.5 Å². The molecule has 29 heavy (non-hydrogen) atoms. The van der Waals surface area contributed by atoms with Gasteiger partial charge in [-0.05, 0) is 62.8 Å². The average Bonchev–Trinajstić information content (AvgIpc) is 2.74. The second-order valence-electron chi connectivity index (χ2n) is 7.64. The van der Waals surface area contributed by atoms with Gasteiger partial charge in [0.25, 0.3) is 5.91 Å². The van der Waals surface area contributed by atoms with Crippen molar-refractivity contribution in [3.8, 4) is 11.5 Å². The summed E-state index contributed by atoms with van der Waals surface area (Å²) in [5.74, 6) is 1.48. The topological polar surface area (TPSA) is 55.8 Å². The number of benzene rings is 2. The number of carbonyl (C=O) groups is 2. The van der Waals surface area contributed by atoms with Crippen LogP contribution in [0.2, 0.25) is 0 Å². The molecule has 3 rings (SSSR count). The highest BCUT2D eigenvalue weighted by atomic mass is 16.5. The van der Waals surface area contributed by atoms with Crippen molar-refractivity contribution in [2.45, 2.75) is 39.2 Å². The third-order valence-corrected chi connectivity index (χ3v) is 5.52. The highest BCUT2D eigenvalue weighted by Crippen LogP contribution is 2.30. The van der Waals surface area contributed by atoms with Crippen LogP contribution in [0.4, 0.5) is 0 Å². The molecule has 1 fully saturated rings. The lowest BCUT2D eigenvalue weighted by Crippen LogP contribution is -2.45. The molecule has 5 heteroatoms. The fourth-order valence-electron chi connectivity index (χ4n) is 3.79. The molecule has 0 saturated carbocycles. The standard InChI is InChI=1S/C24H29NO4/c1-17(26)21-9-10-22(23(16-21)28-3)29-18(2)24(27)25-13-11-20(12-14-25)15-19-7-5-4-6-8-19/h4-10,16,18,20H,11-15H2,1-3H3. The smallest absolute Gasteiger partial charge is 0.263 e. The van der Waals surface area contributed by atoms with E-state index in [0.29, 0.717) is 23.0 Å². The first-order valence-electron chi connectivity index (χ1n) is 10.2. The summed E-state index contributed by atoms with van der Waals surface area (Å²) in [5, 5.41) is 0. The maximum Gasteiger partial charge on any atom is 0.263 e. The SMILES string of the molecule is COc1cc(C(C)=O)ccc1OC(C)C(=O)N1CCC(Cc2ccccc2)CC1. The van der Waals surface area contributed by atoms with E-state index in [1.54, 1.807) is 25.1 Å². The molecule has 1 amide bonds. The third-order valence-electron chi connectivity index (χ3n) is 5.52. The first kappa shape index (κ1) is 20.9. The minimum Gasteiger partial charge on any atom is -0.493 e. The molecule has 2 aromatic carbocycles. The molecule has 0 bridgehead atoms. The van der Waals surface area contributed by atoms with Gasteiger partial charge in [0.2, 0.25) is 0 Å². The van der Waals surface area contributed by atoms with E-state index in [1.165, 1.54) is 19.6 Å². The normalized spacial score (nSPS) is 15.6. The zero-order valence-electron chi connectivity index (χ0n) is 17.4. The molecule has 0 aliphatic carbocycles. The first-order valence-corrected chi connectivity index (χ1v) is 10.2. The van der Waals surface area contributed by atoms with Crippen molar-refractivity contribution in [3.63, 3.8) is 0 Å². The lowest BCUT2D eigenvalue weighted by atomic mass is 9.90. The van der Waals surface area contributed by atoms with Gasteiger partial charge < -0.3 is 14.4 Å². The number of carbonyl (C=O) groups excluding carboxylic acids is 2. The van der Waals surface area contributed by atoms with E-state index in [1.807, 2.05) is 11.0 Å². The molecule has 1 atom stereocenters. The Balaban J connectivity index is 1.55. The van der Waals surface area contributed by atoms with Crippen LogP contribution in [-0.2, 0) is 11.2 Å². The van der Waals surface area contributed by atoms with Crippen molar-refractivity contribution in [2.24, 2.45) is 5.92 Å². The molecule has 0 radical (unpaired) electrons. The number of ketones is 1. The molecule has 5 nitrogen and oxygen atoms in total. The Morgan fingerprint density at radius 1 is 1.07 bits per heavy atom. The average molecular weight is 395 g/mol. The van der Waals surface area contributed by atoms with Gasteiger partial charge in [0.1, 0.15) is 0 Å². The van der Waals surface area contributed by atoms with Gasteiger partial charge >= 0.3 is 0 Å². The Morgan fingerprint density at radius 3 is 2.38 bits per heavy atom. The predicted molar refractivity (Wildman–Crippen MR) is 113 cm³/mol. The summed E-state index contributed by atoms with van der Waals surface area (Å²) in [6.45, 7) is 4.77. The fourth-order valence-corrected chi connectivity index (χ4v) is 3.79. The van der Waals surface area contributed by atoms with E-state index >= 15 is 0 Å². The van der Waals surface area contributed by atoms with E-state index in [9.17, 15) is 9.59 Å². The fraction of sp³-hybridized carbons (Fsp3) is 0.417. The number of ether oxygens (including phenoxy) is 2. The lowest BCUT2D eigenvalue weighted by Gasteiger charge is -2.33. The van der Waals surface area contributed by atoms with Crippen molar-refractivity contribution >= 4 is 11.7 Å². The number of hydrogen-bond acceptors (Lipinski definition) is 4. The molecule has 154 valence electrons. The molecule has 2 aromatic rings. The monoisotopic (exact) mass is 395 g/mol. The van der Waals surface area contributed by atoms with Gasteiger partial charge in [-0.2, -0.15) is 0 Å². The number of Topliss-reactive ketones (excluding diaryl/α,β-unsaturated/α-hetero) is 1. The van der Waals surface area contributed by atoms with E-state index < -0.39 is 6.10 Å². The summed E-state index contributed by atoms with van der Waals surface area (Å²) < 4.78 is 11.2. The van der Waals surface area contributed by atoms with Gasteiger partial charge in [-0.15, -0.1) is 0 Å². The second-order valence-corrected chi connectivity index (χ2v) is 7.64. The number of amides is 1. The van der Waals surface area contributed by atoms with Crippen molar-refractivity contribution in [1.82, 2.24) is 4.90 Å². The number of likely N-dealkylation sites (tertiary alicyclic amines) is 1. The van der Waals surface area contributed by atoms with Crippen molar-refractivity contribution < 1.29 is 19.1 Å². The molecular formula is C24H29NO4. The van der Waals surface area contributed by atoms with Crippen LogP contribution in [0.3, 0.4) is 0 Å². The van der Waals surface area contributed by atoms with Crippen molar-refractivity contribution in [2.75, 3.05) is 20.2 Å². The van der Waals surface area contributed by atoms with Crippen molar-refractivity contribution in [1.29, 1.82) is 0 Å². The molecule has 1 saturated heterocycles. The van der Waals surface area contributed by atoms with Gasteiger partial charge in [-0.1, -0.05) is 30.3 Å². The molecule has 1 heterocycles. The number of rotatable bonds is 7. The number of methoxy groups -OCH3 is 1. The minimum absolute atomic E-state index is 0.0131. The van der Waals surface area contributed by atoms with E-state index in [4.69, 9.17) is 9.47 Å². The zero-order chi connectivity index (χ0) is 20.8. The number of piperidine rings is 1. The molecular weight excluding hydrogens is 366 g/mol. The molecule has 1 unspecified atom stereocenters. The van der Waals surface area contributed by atoms with E-state index in [2.05, 4.69) is 24.3 Å². The summed E-state index contributed by atoms with van der Waals surface area (Å²) in [4.78, 5) is 26.3. The summed E-state index contributed by atoms with van der Waals surface area (Å²) in [6.07, 6.45) is 2.46. The van der Waals surface area contributed by atoms with Gasteiger partial charge in [-0.25, -0.2) is 0 Å². The van der Waals surface area contributed by atoms with Crippen LogP contribution >= 0.6 is 0 Å². The first-order chi connectivity index (χ1) is 14.0. The summed E-state index contributed by atoms with van der Waals surface area (Å²) in [7, 11) is 1.52. The summed E-state index contributed by atoms with van der Waals surface area (Å²) in [6, 6.07) is 15.5. The van der Waals surface area contributed by atoms with Crippen LogP contribution in [0.15, 0.2) is 48.5 Å². The van der Waals surface area contributed by atoms with E-state index in [0.717, 1.165) is 32.4 Å². The molecule has 1 aliphatic rings. The van der Waals surface area contributed by atoms with Crippen LogP contribution in [-0.4, -0.2) is 42.9 Å². The maximum absolute atomic E-state index is 12.8. The third kappa shape index (κ3) is 5.37. The quantitative estimate of drug-likeness (QED) is 0.661. The van der Waals surface area contributed by atoms with Crippen LogP contribution in [0, 0.1) is 5.92 Å². The van der Waals surface area contributed by atoms with Gasteiger partial charge in [0.05, 0.1) is 7.11 Å². The summed E-state index contributed by atoms with van der Waals surface area (Å²) >= 11 is 0. The highest BCUT2D eigenvalue weighted by molar-refractivity contribution is 5.94. The largest absolute Gasteiger partial charge is 0.493 e. The van der Waals surface area contributed by atoms with Gasteiger partial charge in [-0.3, -0.25) is 9.59 Å². The van der Waals surface area contributed by atoms with Crippen LogP contribution < -0.4 is 9.47 Å². The Labute approximate surface area is 172 Å². The minimum atomic E-state index is -0.613. The molecule has 0 spiro atoms. The summed E-state index contributed by atoms with van der Waals surface area (Å²) in [5.41, 5.74) is 1.91. The Bertz CT molecular complexity index is 841. The maximum atomic E-state index is 12.8. The zero-order valence-corrected chi connectivity index (χ0v) is 17.4. The Hall–Kier alpha value is -2.82. The van der Waals surface area contributed by atoms with Gasteiger partial charge in [0.15, 0.2) is 23.4 Å². The molecule has 0 aromatic heterocycles. The predicted octanol–water partition coefficient (Wildman–Crippen LogP) is 4.15.